The highest BCUT2D eigenvalue weighted by Gasteiger charge is 2.41. The van der Waals surface area contributed by atoms with Crippen LogP contribution in [0.4, 0.5) is 0 Å². The van der Waals surface area contributed by atoms with E-state index < -0.39 is 0 Å². The van der Waals surface area contributed by atoms with Gasteiger partial charge < -0.3 is 10.6 Å². The van der Waals surface area contributed by atoms with Gasteiger partial charge in [-0.05, 0) is 36.3 Å². The van der Waals surface area contributed by atoms with Crippen LogP contribution in [0.1, 0.15) is 18.4 Å². The number of pyridine rings is 1. The smallest absolute Gasteiger partial charge is 0.227 e. The van der Waals surface area contributed by atoms with E-state index in [2.05, 4.69) is 4.98 Å². The van der Waals surface area contributed by atoms with Crippen molar-refractivity contribution in [2.24, 2.45) is 17.6 Å². The number of rotatable bonds is 3. The van der Waals surface area contributed by atoms with Gasteiger partial charge in [0.15, 0.2) is 0 Å². The Balaban J connectivity index is 1.60. The molecule has 0 aromatic carbocycles. The van der Waals surface area contributed by atoms with E-state index in [0.717, 1.165) is 24.6 Å². The number of hydrogen-bond acceptors (Lipinski definition) is 3. The van der Waals surface area contributed by atoms with E-state index in [0.29, 0.717) is 12.3 Å². The molecule has 1 aromatic heterocycles. The van der Waals surface area contributed by atoms with Crippen LogP contribution in [0.15, 0.2) is 24.5 Å². The zero-order valence-electron chi connectivity index (χ0n) is 10.5. The summed E-state index contributed by atoms with van der Waals surface area (Å²) in [6.45, 7) is 1.57. The zero-order chi connectivity index (χ0) is 12.5. The standard InChI is InChI=1S/C14H19N3O/c15-13-9-17(8-12(13)11-3-4-11)14(18)6-10-2-1-5-16-7-10/h1-2,5,7,11-13H,3-4,6,8-9,15H2/t12-,13+/m0/s1. The molecule has 18 heavy (non-hydrogen) atoms. The van der Waals surface area contributed by atoms with Crippen molar-refractivity contribution in [1.82, 2.24) is 9.88 Å². The van der Waals surface area contributed by atoms with E-state index in [1.807, 2.05) is 17.0 Å². The van der Waals surface area contributed by atoms with E-state index in [-0.39, 0.29) is 11.9 Å². The van der Waals surface area contributed by atoms with E-state index in [1.165, 1.54) is 12.8 Å². The fourth-order valence-corrected chi connectivity index (χ4v) is 2.87. The fraction of sp³-hybridized carbons (Fsp3) is 0.571. The van der Waals surface area contributed by atoms with E-state index in [9.17, 15) is 4.79 Å². The summed E-state index contributed by atoms with van der Waals surface area (Å²) in [5.74, 6) is 1.49. The van der Waals surface area contributed by atoms with Gasteiger partial charge in [-0.1, -0.05) is 6.07 Å². The van der Waals surface area contributed by atoms with Gasteiger partial charge in [-0.3, -0.25) is 9.78 Å². The summed E-state index contributed by atoms with van der Waals surface area (Å²) in [6.07, 6.45) is 6.51. The van der Waals surface area contributed by atoms with Crippen LogP contribution in [0.25, 0.3) is 0 Å². The molecule has 1 saturated carbocycles. The normalized spacial score (nSPS) is 27.5. The second kappa shape index (κ2) is 4.69. The van der Waals surface area contributed by atoms with Crippen molar-refractivity contribution in [3.8, 4) is 0 Å². The lowest BCUT2D eigenvalue weighted by Crippen LogP contribution is -2.33. The Hall–Kier alpha value is -1.42. The molecule has 3 rings (SSSR count). The lowest BCUT2D eigenvalue weighted by atomic mass is 9.99. The Morgan fingerprint density at radius 2 is 2.28 bits per heavy atom. The predicted molar refractivity (Wildman–Crippen MR) is 68.7 cm³/mol. The van der Waals surface area contributed by atoms with Crippen LogP contribution in [0, 0.1) is 11.8 Å². The van der Waals surface area contributed by atoms with Crippen LogP contribution < -0.4 is 5.73 Å². The maximum atomic E-state index is 12.2. The van der Waals surface area contributed by atoms with E-state index in [4.69, 9.17) is 5.73 Å². The van der Waals surface area contributed by atoms with Crippen molar-refractivity contribution in [2.45, 2.75) is 25.3 Å². The maximum Gasteiger partial charge on any atom is 0.227 e. The Labute approximate surface area is 107 Å². The maximum absolute atomic E-state index is 12.2. The number of likely N-dealkylation sites (tertiary alicyclic amines) is 1. The molecule has 0 bridgehead atoms. The van der Waals surface area contributed by atoms with Gasteiger partial charge in [0.2, 0.25) is 5.91 Å². The molecule has 0 radical (unpaired) electrons. The number of hydrogen-bond donors (Lipinski definition) is 1. The van der Waals surface area contributed by atoms with Gasteiger partial charge in [0.25, 0.3) is 0 Å². The summed E-state index contributed by atoms with van der Waals surface area (Å²) in [5, 5.41) is 0. The van der Waals surface area contributed by atoms with Crippen molar-refractivity contribution in [3.63, 3.8) is 0 Å². The Kier molecular flexibility index (Phi) is 3.04. The topological polar surface area (TPSA) is 59.2 Å². The molecule has 2 heterocycles. The molecular weight excluding hydrogens is 226 g/mol. The molecule has 4 heteroatoms. The number of aromatic nitrogens is 1. The summed E-state index contributed by atoms with van der Waals surface area (Å²) in [6, 6.07) is 3.99. The average molecular weight is 245 g/mol. The molecule has 1 amide bonds. The van der Waals surface area contributed by atoms with Gasteiger partial charge in [-0.25, -0.2) is 0 Å². The fourth-order valence-electron chi connectivity index (χ4n) is 2.87. The van der Waals surface area contributed by atoms with Crippen molar-refractivity contribution in [3.05, 3.63) is 30.1 Å². The van der Waals surface area contributed by atoms with Gasteiger partial charge in [-0.15, -0.1) is 0 Å². The first-order valence-corrected chi connectivity index (χ1v) is 6.66. The van der Waals surface area contributed by atoms with Crippen LogP contribution in [-0.4, -0.2) is 34.9 Å². The third kappa shape index (κ3) is 2.38. The average Bonchev–Trinajstić information content (AvgIpc) is 3.14. The molecule has 1 saturated heterocycles. The van der Waals surface area contributed by atoms with E-state index >= 15 is 0 Å². The number of nitrogens with zero attached hydrogens (tertiary/aromatic N) is 2. The molecule has 96 valence electrons. The van der Waals surface area contributed by atoms with Crippen LogP contribution >= 0.6 is 0 Å². The predicted octanol–water partition coefficient (Wildman–Crippen LogP) is 0.820. The Morgan fingerprint density at radius 1 is 1.44 bits per heavy atom. The minimum Gasteiger partial charge on any atom is -0.340 e. The molecule has 2 fully saturated rings. The first kappa shape index (κ1) is 11.7. The van der Waals surface area contributed by atoms with Crippen LogP contribution in [-0.2, 0) is 11.2 Å². The van der Waals surface area contributed by atoms with Gasteiger partial charge in [0.05, 0.1) is 6.42 Å². The number of amides is 1. The van der Waals surface area contributed by atoms with Crippen LogP contribution in [0.5, 0.6) is 0 Å². The minimum atomic E-state index is 0.176. The highest BCUT2D eigenvalue weighted by atomic mass is 16.2. The van der Waals surface area contributed by atoms with E-state index in [1.54, 1.807) is 12.4 Å². The lowest BCUT2D eigenvalue weighted by molar-refractivity contribution is -0.129. The summed E-state index contributed by atoms with van der Waals surface area (Å²) in [4.78, 5) is 18.2. The molecule has 0 unspecified atom stereocenters. The first-order chi connectivity index (χ1) is 8.74. The molecule has 1 aromatic rings. The molecule has 2 atom stereocenters. The minimum absolute atomic E-state index is 0.176. The molecular formula is C14H19N3O. The Bertz CT molecular complexity index is 430. The highest BCUT2D eigenvalue weighted by Crippen LogP contribution is 2.40. The lowest BCUT2D eigenvalue weighted by Gasteiger charge is -2.16. The molecule has 2 N–H and O–H groups in total. The largest absolute Gasteiger partial charge is 0.340 e. The highest BCUT2D eigenvalue weighted by molar-refractivity contribution is 5.79. The first-order valence-electron chi connectivity index (χ1n) is 6.66. The molecule has 2 aliphatic rings. The third-order valence-electron chi connectivity index (χ3n) is 4.07. The molecule has 0 spiro atoms. The third-order valence-corrected chi connectivity index (χ3v) is 4.07. The quantitative estimate of drug-likeness (QED) is 0.857. The number of nitrogens with two attached hydrogens (primary N) is 1. The second-order valence-corrected chi connectivity index (χ2v) is 5.50. The Morgan fingerprint density at radius 3 is 2.94 bits per heavy atom. The van der Waals surface area contributed by atoms with Crippen molar-refractivity contribution in [2.75, 3.05) is 13.1 Å². The molecule has 1 aliphatic carbocycles. The van der Waals surface area contributed by atoms with Gasteiger partial charge in [-0.2, -0.15) is 0 Å². The summed E-state index contributed by atoms with van der Waals surface area (Å²) in [7, 11) is 0. The van der Waals surface area contributed by atoms with Gasteiger partial charge in [0, 0.05) is 31.5 Å². The van der Waals surface area contributed by atoms with Crippen LogP contribution in [0.2, 0.25) is 0 Å². The number of carbonyl (C=O) groups excluding carboxylic acids is 1. The summed E-state index contributed by atoms with van der Waals surface area (Å²) >= 11 is 0. The zero-order valence-corrected chi connectivity index (χ0v) is 10.5. The molecule has 1 aliphatic heterocycles. The van der Waals surface area contributed by atoms with Crippen molar-refractivity contribution in [1.29, 1.82) is 0 Å². The van der Waals surface area contributed by atoms with Crippen molar-refractivity contribution < 1.29 is 4.79 Å². The van der Waals surface area contributed by atoms with Gasteiger partial charge in [0.1, 0.15) is 0 Å². The van der Waals surface area contributed by atoms with Crippen molar-refractivity contribution >= 4 is 5.91 Å². The summed E-state index contributed by atoms with van der Waals surface area (Å²) < 4.78 is 0. The van der Waals surface area contributed by atoms with Gasteiger partial charge >= 0.3 is 0 Å². The van der Waals surface area contributed by atoms with Crippen LogP contribution in [0.3, 0.4) is 0 Å². The second-order valence-electron chi connectivity index (χ2n) is 5.50. The monoisotopic (exact) mass is 245 g/mol. The summed E-state index contributed by atoms with van der Waals surface area (Å²) in [5.41, 5.74) is 7.11. The molecule has 4 nitrogen and oxygen atoms in total. The number of carbonyl (C=O) groups is 1. The SMILES string of the molecule is N[C@@H]1CN(C(=O)Cc2cccnc2)C[C@H]1C1CC1.